The van der Waals surface area contributed by atoms with Crippen molar-refractivity contribution in [2.45, 2.75) is 6.18 Å². The predicted molar refractivity (Wildman–Crippen MR) is 88.8 cm³/mol. The Morgan fingerprint density at radius 2 is 1.81 bits per heavy atom. The molecule has 0 fully saturated rings. The number of alkyl halides is 3. The molecule has 2 aromatic carbocycles. The molecule has 0 spiro atoms. The molecular weight excluding hydrogens is 351 g/mol. The number of nitrogens with one attached hydrogen (secondary N) is 2. The first-order valence-electron chi connectivity index (χ1n) is 7.26. The van der Waals surface area contributed by atoms with Crippen LogP contribution in [0.5, 0.6) is 5.75 Å². The van der Waals surface area contributed by atoms with E-state index in [1.807, 2.05) is 5.43 Å². The molecule has 0 aliphatic heterocycles. The van der Waals surface area contributed by atoms with Crippen LogP contribution < -0.4 is 15.5 Å². The van der Waals surface area contributed by atoms with Crippen molar-refractivity contribution in [1.82, 2.24) is 5.43 Å². The van der Waals surface area contributed by atoms with Crippen molar-refractivity contribution in [1.29, 1.82) is 0 Å². The highest BCUT2D eigenvalue weighted by molar-refractivity contribution is 6.39. The van der Waals surface area contributed by atoms with Gasteiger partial charge in [0.25, 0.3) is 0 Å². The quantitative estimate of drug-likeness (QED) is 0.497. The highest BCUT2D eigenvalue weighted by Crippen LogP contribution is 2.30. The number of rotatable bonds is 4. The lowest BCUT2D eigenvalue weighted by Gasteiger charge is -2.09. The average Bonchev–Trinajstić information content (AvgIpc) is 2.61. The molecule has 0 heterocycles. The summed E-state index contributed by atoms with van der Waals surface area (Å²) in [6, 6.07) is 10.8. The first-order chi connectivity index (χ1) is 12.3. The van der Waals surface area contributed by atoms with Crippen LogP contribution in [0.3, 0.4) is 0 Å². The molecule has 6 nitrogen and oxygen atoms in total. The Hall–Kier alpha value is -3.36. The van der Waals surface area contributed by atoms with E-state index in [2.05, 4.69) is 10.4 Å². The molecule has 0 radical (unpaired) electrons. The highest BCUT2D eigenvalue weighted by atomic mass is 19.4. The summed E-state index contributed by atoms with van der Waals surface area (Å²) in [6.07, 6.45) is -3.28. The van der Waals surface area contributed by atoms with Gasteiger partial charge in [-0.2, -0.15) is 18.3 Å². The molecule has 0 aliphatic carbocycles. The molecule has 0 aromatic heterocycles. The molecule has 2 N–H and O–H groups in total. The monoisotopic (exact) mass is 365 g/mol. The van der Waals surface area contributed by atoms with Crippen LogP contribution in [0.4, 0.5) is 18.9 Å². The second-order valence-corrected chi connectivity index (χ2v) is 4.97. The number of nitrogens with zero attached hydrogens (tertiary/aromatic N) is 1. The maximum Gasteiger partial charge on any atom is 0.416 e. The van der Waals surface area contributed by atoms with Crippen molar-refractivity contribution in [3.63, 3.8) is 0 Å². The van der Waals surface area contributed by atoms with E-state index < -0.39 is 23.6 Å². The zero-order chi connectivity index (χ0) is 19.2. The normalized spacial score (nSPS) is 11.2. The van der Waals surface area contributed by atoms with Crippen LogP contribution in [0.15, 0.2) is 53.6 Å². The van der Waals surface area contributed by atoms with Crippen LogP contribution in [0.2, 0.25) is 0 Å². The molecule has 9 heteroatoms. The zero-order valence-electron chi connectivity index (χ0n) is 13.5. The minimum atomic E-state index is -4.55. The van der Waals surface area contributed by atoms with E-state index in [-0.39, 0.29) is 5.69 Å². The third kappa shape index (κ3) is 5.07. The van der Waals surface area contributed by atoms with Gasteiger partial charge in [0.1, 0.15) is 5.75 Å². The largest absolute Gasteiger partial charge is 0.496 e. The lowest BCUT2D eigenvalue weighted by Crippen LogP contribution is -2.32. The minimum absolute atomic E-state index is 0.159. The molecule has 2 aromatic rings. The maximum absolute atomic E-state index is 12.6. The summed E-state index contributed by atoms with van der Waals surface area (Å²) < 4.78 is 43.0. The Morgan fingerprint density at radius 3 is 2.50 bits per heavy atom. The van der Waals surface area contributed by atoms with Crippen LogP contribution in [0, 0.1) is 0 Å². The smallest absolute Gasteiger partial charge is 0.416 e. The maximum atomic E-state index is 12.6. The molecule has 136 valence electrons. The number of ether oxygens (including phenoxy) is 1. The van der Waals surface area contributed by atoms with Crippen molar-refractivity contribution >= 4 is 23.7 Å². The average molecular weight is 365 g/mol. The van der Waals surface area contributed by atoms with Gasteiger partial charge >= 0.3 is 18.0 Å². The Bertz CT molecular complexity index is 835. The van der Waals surface area contributed by atoms with Crippen LogP contribution in [0.1, 0.15) is 11.1 Å². The fraction of sp³-hybridized carbons (Fsp3) is 0.118. The van der Waals surface area contributed by atoms with E-state index in [0.29, 0.717) is 11.3 Å². The van der Waals surface area contributed by atoms with E-state index in [0.717, 1.165) is 18.2 Å². The number of hydrazone groups is 1. The van der Waals surface area contributed by atoms with E-state index in [9.17, 15) is 22.8 Å². The summed E-state index contributed by atoms with van der Waals surface area (Å²) in [7, 11) is 1.47. The van der Waals surface area contributed by atoms with Gasteiger partial charge in [-0.1, -0.05) is 18.2 Å². The molecule has 0 saturated heterocycles. The Kier molecular flexibility index (Phi) is 5.94. The van der Waals surface area contributed by atoms with Gasteiger partial charge in [0.05, 0.1) is 18.9 Å². The standard InChI is InChI=1S/C17H14F3N3O3/c1-26-14-8-3-2-5-11(14)10-21-23-16(25)15(24)22-13-7-4-6-12(9-13)17(18,19)20/h2-10H,1H3,(H,22,24)(H,23,25). The van der Waals surface area contributed by atoms with Gasteiger partial charge in [-0.25, -0.2) is 5.43 Å². The molecule has 26 heavy (non-hydrogen) atoms. The molecule has 0 aliphatic rings. The zero-order valence-corrected chi connectivity index (χ0v) is 13.5. The van der Waals surface area contributed by atoms with Crippen LogP contribution in [-0.4, -0.2) is 25.1 Å². The van der Waals surface area contributed by atoms with Gasteiger partial charge < -0.3 is 10.1 Å². The van der Waals surface area contributed by atoms with Crippen LogP contribution >= 0.6 is 0 Å². The number of para-hydroxylation sites is 1. The van der Waals surface area contributed by atoms with Crippen LogP contribution in [0.25, 0.3) is 0 Å². The molecule has 2 amide bonds. The molecule has 0 atom stereocenters. The molecule has 2 rings (SSSR count). The number of anilines is 1. The number of hydrogen-bond acceptors (Lipinski definition) is 4. The molecule has 0 unspecified atom stereocenters. The molecule has 0 bridgehead atoms. The number of halogens is 3. The van der Waals surface area contributed by atoms with Crippen molar-refractivity contribution in [2.75, 3.05) is 12.4 Å². The number of methoxy groups -OCH3 is 1. The van der Waals surface area contributed by atoms with Crippen molar-refractivity contribution in [3.8, 4) is 5.75 Å². The summed E-state index contributed by atoms with van der Waals surface area (Å²) in [4.78, 5) is 23.4. The van der Waals surface area contributed by atoms with E-state index in [4.69, 9.17) is 4.74 Å². The Balaban J connectivity index is 1.98. The molecule has 0 saturated carbocycles. The number of benzene rings is 2. The summed E-state index contributed by atoms with van der Waals surface area (Å²) in [5.74, 6) is -1.77. The van der Waals surface area contributed by atoms with Gasteiger partial charge in [0.15, 0.2) is 0 Å². The van der Waals surface area contributed by atoms with Crippen molar-refractivity contribution in [3.05, 3.63) is 59.7 Å². The SMILES string of the molecule is COc1ccccc1C=NNC(=O)C(=O)Nc1cccc(C(F)(F)F)c1. The van der Waals surface area contributed by atoms with E-state index in [1.54, 1.807) is 24.3 Å². The number of carbonyl (C=O) groups is 2. The summed E-state index contributed by atoms with van der Waals surface area (Å²) in [5.41, 5.74) is 1.45. The number of hydrogen-bond donors (Lipinski definition) is 2. The lowest BCUT2D eigenvalue weighted by molar-refractivity contribution is -0.137. The second kappa shape index (κ2) is 8.15. The van der Waals surface area contributed by atoms with Gasteiger partial charge in [-0.15, -0.1) is 0 Å². The third-order valence-electron chi connectivity index (χ3n) is 3.16. The van der Waals surface area contributed by atoms with Gasteiger partial charge in [-0.3, -0.25) is 9.59 Å². The Morgan fingerprint density at radius 1 is 1.08 bits per heavy atom. The topological polar surface area (TPSA) is 79.8 Å². The van der Waals surface area contributed by atoms with Crippen molar-refractivity contribution < 1.29 is 27.5 Å². The first kappa shape index (κ1) is 19.0. The predicted octanol–water partition coefficient (Wildman–Crippen LogP) is 2.80. The Labute approximate surface area is 146 Å². The highest BCUT2D eigenvalue weighted by Gasteiger charge is 2.30. The van der Waals surface area contributed by atoms with Crippen molar-refractivity contribution in [2.24, 2.45) is 5.10 Å². The minimum Gasteiger partial charge on any atom is -0.496 e. The fourth-order valence-corrected chi connectivity index (χ4v) is 1.95. The third-order valence-corrected chi connectivity index (χ3v) is 3.16. The van der Waals surface area contributed by atoms with E-state index >= 15 is 0 Å². The fourth-order valence-electron chi connectivity index (χ4n) is 1.95. The summed E-state index contributed by atoms with van der Waals surface area (Å²) in [6.45, 7) is 0. The van der Waals surface area contributed by atoms with Gasteiger partial charge in [-0.05, 0) is 30.3 Å². The van der Waals surface area contributed by atoms with Crippen LogP contribution in [-0.2, 0) is 15.8 Å². The summed E-state index contributed by atoms with van der Waals surface area (Å²) in [5, 5.41) is 5.70. The molecular formula is C17H14F3N3O3. The first-order valence-corrected chi connectivity index (χ1v) is 7.26. The number of carbonyl (C=O) groups excluding carboxylic acids is 2. The van der Waals surface area contributed by atoms with Gasteiger partial charge in [0, 0.05) is 11.3 Å². The van der Waals surface area contributed by atoms with Gasteiger partial charge in [0.2, 0.25) is 0 Å². The lowest BCUT2D eigenvalue weighted by atomic mass is 10.2. The summed E-state index contributed by atoms with van der Waals surface area (Å²) >= 11 is 0. The second-order valence-electron chi connectivity index (χ2n) is 4.97. The van der Waals surface area contributed by atoms with E-state index in [1.165, 1.54) is 19.4 Å². The number of amides is 2.